The number of esters is 1. The Morgan fingerprint density at radius 1 is 1.12 bits per heavy atom. The first kappa shape index (κ1) is 38.2. The molecule has 2 aliphatic heterocycles. The van der Waals surface area contributed by atoms with Gasteiger partial charge in [0.2, 0.25) is 0 Å². The average Bonchev–Trinajstić information content (AvgIpc) is 3.67. The van der Waals surface area contributed by atoms with Gasteiger partial charge in [0.05, 0.1) is 23.5 Å². The van der Waals surface area contributed by atoms with Gasteiger partial charge in [0.15, 0.2) is 5.60 Å². The number of Topliss-reactive ketones (excluding diaryl/α,β-unsaturated/α-hetero) is 1. The van der Waals surface area contributed by atoms with Gasteiger partial charge in [-0.25, -0.2) is 4.79 Å². The molecule has 0 radical (unpaired) electrons. The molecule has 13 nitrogen and oxygen atoms in total. The van der Waals surface area contributed by atoms with Crippen LogP contribution in [0.15, 0.2) is 30.6 Å². The third kappa shape index (κ3) is 8.23. The van der Waals surface area contributed by atoms with Gasteiger partial charge in [-0.05, 0) is 76.9 Å². The average molecular weight is 681 g/mol. The number of pyridine rings is 1. The van der Waals surface area contributed by atoms with Crippen molar-refractivity contribution in [1.29, 1.82) is 0 Å². The molecule has 0 bridgehead atoms. The van der Waals surface area contributed by atoms with Crippen LogP contribution in [0.5, 0.6) is 0 Å². The molecule has 2 aromatic rings. The van der Waals surface area contributed by atoms with Gasteiger partial charge >= 0.3 is 12.1 Å². The van der Waals surface area contributed by atoms with Gasteiger partial charge in [-0.3, -0.25) is 24.2 Å². The topological polar surface area (TPSA) is 155 Å². The van der Waals surface area contributed by atoms with Gasteiger partial charge in [-0.1, -0.05) is 32.1 Å². The normalized spacial score (nSPS) is 33.2. The number of aryl methyl sites for hydroxylation is 1. The fraction of sp³-hybridized carbons (Fsp3) is 0.686. The van der Waals surface area contributed by atoms with Crippen molar-refractivity contribution in [2.45, 2.75) is 115 Å². The van der Waals surface area contributed by atoms with Crippen molar-refractivity contribution in [2.24, 2.45) is 17.8 Å². The number of unbranched alkanes of at least 4 members (excludes halogenated alkanes) is 1. The van der Waals surface area contributed by atoms with Crippen molar-refractivity contribution < 1.29 is 33.4 Å². The van der Waals surface area contributed by atoms with Crippen LogP contribution in [0, 0.1) is 17.8 Å². The van der Waals surface area contributed by atoms with E-state index in [-0.39, 0.29) is 30.0 Å². The van der Waals surface area contributed by atoms with Crippen molar-refractivity contribution in [3.63, 3.8) is 0 Å². The van der Waals surface area contributed by atoms with Gasteiger partial charge in [0, 0.05) is 44.8 Å². The van der Waals surface area contributed by atoms with E-state index in [2.05, 4.69) is 27.5 Å². The number of aldehydes is 1. The van der Waals surface area contributed by atoms with Crippen LogP contribution in [0.2, 0.25) is 5.82 Å². The minimum atomic E-state index is -1.18. The van der Waals surface area contributed by atoms with Gasteiger partial charge < -0.3 is 24.3 Å². The van der Waals surface area contributed by atoms with Gasteiger partial charge in [-0.15, -0.1) is 5.10 Å². The fourth-order valence-electron chi connectivity index (χ4n) is 7.75. The van der Waals surface area contributed by atoms with E-state index in [9.17, 15) is 19.2 Å². The number of ether oxygens (including phenoxy) is 3. The Labute approximate surface area is 290 Å². The standard InChI is InChI=1S/C35H53BN6O7/c1-8-28-34(6)31(42(33(46)49-34)17-12-11-16-41-21-27(39-40-41)26-13-9-10-15-37-26)25(5)38-20-22(2)19-35(47-7,14-18-43)30(36)23(3)29(44)24(4)32(45)48-28/h9-10,13,15,18,21-25,28,30-31,38H,8,11-12,14,16-17,19-20,36H2,1-7H3/t22-,23+,24-,25-,28-,30-,31-,34-,35-/m1/s1. The molecule has 2 fully saturated rings. The number of nitrogens with zero attached hydrogens (tertiary/aromatic N) is 5. The number of carbonyl (C=O) groups is 4. The predicted octanol–water partition coefficient (Wildman–Crippen LogP) is 3.28. The summed E-state index contributed by atoms with van der Waals surface area (Å²) < 4.78 is 20.0. The molecular formula is C35H53BN6O7. The minimum Gasteiger partial charge on any atom is -0.458 e. The summed E-state index contributed by atoms with van der Waals surface area (Å²) in [6, 6.07) is 4.89. The number of methoxy groups -OCH3 is 1. The van der Waals surface area contributed by atoms with Gasteiger partial charge in [-0.2, -0.15) is 0 Å². The maximum Gasteiger partial charge on any atom is 0.410 e. The van der Waals surface area contributed by atoms with E-state index >= 15 is 0 Å². The maximum atomic E-state index is 13.7. The second-order valence-corrected chi connectivity index (χ2v) is 14.2. The Morgan fingerprint density at radius 3 is 2.51 bits per heavy atom. The van der Waals surface area contributed by atoms with E-state index < -0.39 is 47.2 Å². The van der Waals surface area contributed by atoms with Crippen molar-refractivity contribution in [3.05, 3.63) is 30.6 Å². The SMILES string of the molecule is B[C@@H]1[C@@H](C)C(=O)[C@@H](C)C(=O)O[C@H](CC)[C@@]2(C)OC(=O)N(CCCCn3cc(-c4ccccn4)nn3)[C@@H]2[C@@H](C)NC[C@H](C)C[C@@]1(CC=O)OC. The number of ketones is 1. The molecule has 14 heteroatoms. The number of fused-ring (bicyclic) bond motifs is 1. The second-order valence-electron chi connectivity index (χ2n) is 14.2. The summed E-state index contributed by atoms with van der Waals surface area (Å²) in [7, 11) is 3.49. The van der Waals surface area contributed by atoms with Crippen LogP contribution in [0.25, 0.3) is 11.4 Å². The lowest BCUT2D eigenvalue weighted by Gasteiger charge is -2.42. The van der Waals surface area contributed by atoms with E-state index in [1.165, 1.54) is 0 Å². The van der Waals surface area contributed by atoms with Gasteiger partial charge in [0.25, 0.3) is 0 Å². The summed E-state index contributed by atoms with van der Waals surface area (Å²) in [5.41, 5.74) is -0.639. The predicted molar refractivity (Wildman–Crippen MR) is 185 cm³/mol. The van der Waals surface area contributed by atoms with Crippen LogP contribution < -0.4 is 5.32 Å². The van der Waals surface area contributed by atoms with E-state index in [1.54, 1.807) is 36.7 Å². The molecule has 1 amide bonds. The summed E-state index contributed by atoms with van der Waals surface area (Å²) in [4.78, 5) is 58.9. The number of nitrogens with one attached hydrogen (secondary N) is 1. The molecule has 4 rings (SSSR count). The number of hydrogen-bond donors (Lipinski definition) is 1. The summed E-state index contributed by atoms with van der Waals surface area (Å²) in [6.07, 6.45) is 5.57. The van der Waals surface area contributed by atoms with Crippen LogP contribution in [0.4, 0.5) is 4.79 Å². The highest BCUT2D eigenvalue weighted by Gasteiger charge is 2.58. The van der Waals surface area contributed by atoms with Crippen LogP contribution in [-0.4, -0.2) is 106 Å². The van der Waals surface area contributed by atoms with Crippen LogP contribution in [0.1, 0.15) is 73.6 Å². The number of hydrogen-bond acceptors (Lipinski definition) is 11. The van der Waals surface area contributed by atoms with Crippen LogP contribution >= 0.6 is 0 Å². The Balaban J connectivity index is 1.57. The Kier molecular flexibility index (Phi) is 12.8. The Morgan fingerprint density at radius 2 is 1.86 bits per heavy atom. The van der Waals surface area contributed by atoms with Crippen molar-refractivity contribution in [1.82, 2.24) is 30.2 Å². The molecule has 2 aromatic heterocycles. The molecule has 268 valence electrons. The summed E-state index contributed by atoms with van der Waals surface area (Å²) in [6.45, 7) is 12.7. The largest absolute Gasteiger partial charge is 0.458 e. The van der Waals surface area contributed by atoms with E-state index in [0.717, 1.165) is 18.4 Å². The first-order valence-corrected chi connectivity index (χ1v) is 17.6. The smallest absolute Gasteiger partial charge is 0.410 e. The van der Waals surface area contributed by atoms with Crippen molar-refractivity contribution in [3.8, 4) is 11.4 Å². The molecule has 0 unspecified atom stereocenters. The zero-order chi connectivity index (χ0) is 35.9. The third-order valence-electron chi connectivity index (χ3n) is 10.8. The Bertz CT molecular complexity index is 1440. The van der Waals surface area contributed by atoms with E-state index in [1.807, 2.05) is 53.0 Å². The maximum absolute atomic E-state index is 13.7. The summed E-state index contributed by atoms with van der Waals surface area (Å²) in [5.74, 6) is -2.86. The Hall–Kier alpha value is -3.65. The first-order chi connectivity index (χ1) is 23.3. The van der Waals surface area contributed by atoms with Crippen molar-refractivity contribution in [2.75, 3.05) is 20.2 Å². The molecule has 0 spiro atoms. The second kappa shape index (κ2) is 16.4. The minimum absolute atomic E-state index is 0.0471. The molecule has 1 N–H and O–H groups in total. The highest BCUT2D eigenvalue weighted by atomic mass is 16.6. The number of rotatable bonds is 10. The lowest BCUT2D eigenvalue weighted by Crippen LogP contribution is -2.61. The molecule has 2 aliphatic rings. The quantitative estimate of drug-likeness (QED) is 0.129. The molecule has 9 atom stereocenters. The lowest BCUT2D eigenvalue weighted by molar-refractivity contribution is -0.170. The molecule has 4 heterocycles. The van der Waals surface area contributed by atoms with Crippen LogP contribution in [0.3, 0.4) is 0 Å². The van der Waals surface area contributed by atoms with E-state index in [4.69, 9.17) is 14.2 Å². The number of carbonyl (C=O) groups excluding carboxylic acids is 4. The fourth-order valence-corrected chi connectivity index (χ4v) is 7.75. The molecule has 0 aliphatic carbocycles. The zero-order valence-electron chi connectivity index (χ0n) is 30.3. The highest BCUT2D eigenvalue weighted by Crippen LogP contribution is 2.42. The lowest BCUT2D eigenvalue weighted by atomic mass is 9.61. The summed E-state index contributed by atoms with van der Waals surface area (Å²) >= 11 is 0. The molecule has 2 saturated heterocycles. The first-order valence-electron chi connectivity index (χ1n) is 17.6. The number of cyclic esters (lactones) is 1. The van der Waals surface area contributed by atoms with E-state index in [0.29, 0.717) is 44.6 Å². The monoisotopic (exact) mass is 680 g/mol. The van der Waals surface area contributed by atoms with Gasteiger partial charge in [0.1, 0.15) is 37.6 Å². The molecular weight excluding hydrogens is 627 g/mol. The molecule has 0 aromatic carbocycles. The molecule has 0 saturated carbocycles. The van der Waals surface area contributed by atoms with Crippen molar-refractivity contribution >= 4 is 32.0 Å². The van der Waals surface area contributed by atoms with Crippen LogP contribution in [-0.2, 0) is 35.1 Å². The third-order valence-corrected chi connectivity index (χ3v) is 10.8. The number of amides is 1. The highest BCUT2D eigenvalue weighted by molar-refractivity contribution is 6.16. The molecule has 49 heavy (non-hydrogen) atoms. The zero-order valence-corrected chi connectivity index (χ0v) is 30.3. The summed E-state index contributed by atoms with van der Waals surface area (Å²) in [5, 5.41) is 12.1. The number of aromatic nitrogens is 4.